The van der Waals surface area contributed by atoms with Crippen molar-refractivity contribution in [3.63, 3.8) is 0 Å². The minimum atomic E-state index is -0.704. The first kappa shape index (κ1) is 15.7. The third kappa shape index (κ3) is 5.51. The Kier molecular flexibility index (Phi) is 5.71. The molecule has 20 heavy (non-hydrogen) atoms. The van der Waals surface area contributed by atoms with Crippen LogP contribution in [0.25, 0.3) is 0 Å². The summed E-state index contributed by atoms with van der Waals surface area (Å²) in [6, 6.07) is 6.81. The van der Waals surface area contributed by atoms with Crippen LogP contribution in [-0.4, -0.2) is 24.5 Å². The zero-order valence-corrected chi connectivity index (χ0v) is 11.6. The molecular weight excluding hydrogens is 262 g/mol. The third-order valence-electron chi connectivity index (χ3n) is 2.32. The van der Waals surface area contributed by atoms with Crippen LogP contribution in [0.2, 0.25) is 0 Å². The molecule has 0 bridgehead atoms. The minimum absolute atomic E-state index is 0.0710. The van der Waals surface area contributed by atoms with Gasteiger partial charge in [0.2, 0.25) is 5.91 Å². The average molecular weight is 279 g/mol. The number of hydrogen-bond acceptors (Lipinski definition) is 5. The van der Waals surface area contributed by atoms with E-state index in [0.717, 1.165) is 0 Å². The Labute approximate surface area is 117 Å². The molecule has 1 N–H and O–H groups in total. The molecule has 0 aromatic heterocycles. The maximum Gasteiger partial charge on any atom is 0.303 e. The Morgan fingerprint density at radius 3 is 2.40 bits per heavy atom. The van der Waals surface area contributed by atoms with Gasteiger partial charge in [-0.1, -0.05) is 12.1 Å². The Balaban J connectivity index is 2.90. The second-order valence-corrected chi connectivity index (χ2v) is 4.21. The lowest BCUT2D eigenvalue weighted by atomic mass is 10.1. The fourth-order valence-corrected chi connectivity index (χ4v) is 1.61. The Morgan fingerprint density at radius 1 is 1.15 bits per heavy atom. The summed E-state index contributed by atoms with van der Waals surface area (Å²) in [5.74, 6) is -1.14. The number of amides is 1. The van der Waals surface area contributed by atoms with Crippen molar-refractivity contribution < 1.29 is 23.9 Å². The van der Waals surface area contributed by atoms with Gasteiger partial charge in [-0.25, -0.2) is 0 Å². The molecule has 6 heteroatoms. The van der Waals surface area contributed by atoms with Crippen molar-refractivity contribution in [1.29, 1.82) is 0 Å². The van der Waals surface area contributed by atoms with E-state index in [1.54, 1.807) is 24.3 Å². The predicted molar refractivity (Wildman–Crippen MR) is 71.9 cm³/mol. The lowest BCUT2D eigenvalue weighted by Gasteiger charge is -2.17. The van der Waals surface area contributed by atoms with Crippen molar-refractivity contribution in [2.75, 3.05) is 11.9 Å². The molecule has 1 amide bonds. The number of benzene rings is 1. The Bertz CT molecular complexity index is 512. The molecule has 0 aliphatic carbocycles. The Hall–Kier alpha value is -2.37. The van der Waals surface area contributed by atoms with Crippen LogP contribution in [0.15, 0.2) is 24.3 Å². The highest BCUT2D eigenvalue weighted by atomic mass is 16.6. The maximum atomic E-state index is 11.1. The third-order valence-corrected chi connectivity index (χ3v) is 2.32. The van der Waals surface area contributed by atoms with Crippen LogP contribution in [0.3, 0.4) is 0 Å². The van der Waals surface area contributed by atoms with Crippen molar-refractivity contribution in [3.8, 4) is 0 Å². The quantitative estimate of drug-likeness (QED) is 0.831. The van der Waals surface area contributed by atoms with Crippen LogP contribution in [-0.2, 0) is 23.9 Å². The van der Waals surface area contributed by atoms with Crippen LogP contribution < -0.4 is 5.32 Å². The fourth-order valence-electron chi connectivity index (χ4n) is 1.61. The number of nitrogens with one attached hydrogen (secondary N) is 1. The fraction of sp³-hybridized carbons (Fsp3) is 0.357. The number of carbonyl (C=O) groups is 3. The summed E-state index contributed by atoms with van der Waals surface area (Å²) in [7, 11) is 0. The van der Waals surface area contributed by atoms with Gasteiger partial charge in [0.15, 0.2) is 6.10 Å². The van der Waals surface area contributed by atoms with E-state index in [-0.39, 0.29) is 12.5 Å². The molecule has 0 saturated carbocycles. The van der Waals surface area contributed by atoms with E-state index in [9.17, 15) is 14.4 Å². The van der Waals surface area contributed by atoms with Crippen LogP contribution in [0.5, 0.6) is 0 Å². The maximum absolute atomic E-state index is 11.1. The molecular formula is C14H17NO5. The topological polar surface area (TPSA) is 81.7 Å². The highest BCUT2D eigenvalue weighted by Crippen LogP contribution is 2.21. The molecule has 1 rings (SSSR count). The highest BCUT2D eigenvalue weighted by molar-refractivity contribution is 5.88. The smallest absolute Gasteiger partial charge is 0.303 e. The molecule has 6 nitrogen and oxygen atoms in total. The molecule has 0 aliphatic rings. The molecule has 1 unspecified atom stereocenters. The molecule has 108 valence electrons. The van der Waals surface area contributed by atoms with Crippen LogP contribution in [0.1, 0.15) is 32.4 Å². The van der Waals surface area contributed by atoms with Crippen molar-refractivity contribution in [2.24, 2.45) is 0 Å². The average Bonchev–Trinajstić information content (AvgIpc) is 2.33. The van der Waals surface area contributed by atoms with Gasteiger partial charge in [0.05, 0.1) is 0 Å². The largest absolute Gasteiger partial charge is 0.462 e. The summed E-state index contributed by atoms with van der Waals surface area (Å²) in [5.41, 5.74) is 1.21. The van der Waals surface area contributed by atoms with E-state index in [1.165, 1.54) is 20.8 Å². The monoisotopic (exact) mass is 279 g/mol. The van der Waals surface area contributed by atoms with E-state index in [4.69, 9.17) is 9.47 Å². The van der Waals surface area contributed by atoms with Gasteiger partial charge in [-0.05, 0) is 17.7 Å². The molecule has 0 saturated heterocycles. The number of rotatable bonds is 5. The number of ether oxygens (including phenoxy) is 2. The van der Waals surface area contributed by atoms with Crippen LogP contribution in [0.4, 0.5) is 5.69 Å². The molecule has 1 atom stereocenters. The van der Waals surface area contributed by atoms with Crippen molar-refractivity contribution in [2.45, 2.75) is 26.9 Å². The summed E-state index contributed by atoms with van der Waals surface area (Å²) < 4.78 is 9.99. The number of carbonyl (C=O) groups excluding carboxylic acids is 3. The summed E-state index contributed by atoms with van der Waals surface area (Å²) in [4.78, 5) is 33.0. The minimum Gasteiger partial charge on any atom is -0.462 e. The van der Waals surface area contributed by atoms with E-state index < -0.39 is 18.0 Å². The van der Waals surface area contributed by atoms with E-state index in [1.807, 2.05) is 0 Å². The molecule has 0 radical (unpaired) electrons. The van der Waals surface area contributed by atoms with Gasteiger partial charge < -0.3 is 14.8 Å². The van der Waals surface area contributed by atoms with E-state index in [0.29, 0.717) is 11.3 Å². The molecule has 1 aromatic carbocycles. The standard InChI is InChI=1S/C14H17NO5/c1-9(16)15-13-6-4-5-12(7-13)14(20-11(3)18)8-19-10(2)17/h4-7,14H,8H2,1-3H3,(H,15,16). The van der Waals surface area contributed by atoms with Crippen LogP contribution in [0, 0.1) is 0 Å². The molecule has 0 spiro atoms. The van der Waals surface area contributed by atoms with Gasteiger partial charge in [0.1, 0.15) is 6.61 Å². The summed E-state index contributed by atoms with van der Waals surface area (Å²) >= 11 is 0. The predicted octanol–water partition coefficient (Wildman–Crippen LogP) is 1.81. The first-order valence-electron chi connectivity index (χ1n) is 6.06. The molecule has 1 aromatic rings. The summed E-state index contributed by atoms with van der Waals surface area (Å²) in [5, 5.41) is 2.63. The highest BCUT2D eigenvalue weighted by Gasteiger charge is 2.17. The van der Waals surface area contributed by atoms with Gasteiger partial charge in [-0.3, -0.25) is 14.4 Å². The van der Waals surface area contributed by atoms with Gasteiger partial charge in [0, 0.05) is 26.5 Å². The lowest BCUT2D eigenvalue weighted by molar-refractivity contribution is -0.156. The number of hydrogen-bond donors (Lipinski definition) is 1. The summed E-state index contributed by atoms with van der Waals surface area (Å²) in [6.45, 7) is 3.88. The van der Waals surface area contributed by atoms with Gasteiger partial charge in [-0.2, -0.15) is 0 Å². The van der Waals surface area contributed by atoms with Gasteiger partial charge in [-0.15, -0.1) is 0 Å². The lowest BCUT2D eigenvalue weighted by Crippen LogP contribution is -2.17. The number of esters is 2. The first-order chi connectivity index (χ1) is 9.38. The SMILES string of the molecule is CC(=O)Nc1cccc(C(COC(C)=O)OC(C)=O)c1. The van der Waals surface area contributed by atoms with Gasteiger partial charge in [0.25, 0.3) is 0 Å². The molecule has 0 aliphatic heterocycles. The van der Waals surface area contributed by atoms with Gasteiger partial charge >= 0.3 is 11.9 Å². The van der Waals surface area contributed by atoms with Crippen molar-refractivity contribution in [1.82, 2.24) is 0 Å². The second-order valence-electron chi connectivity index (χ2n) is 4.21. The molecule has 0 heterocycles. The normalized spacial score (nSPS) is 11.3. The van der Waals surface area contributed by atoms with E-state index in [2.05, 4.69) is 5.32 Å². The number of anilines is 1. The first-order valence-corrected chi connectivity index (χ1v) is 6.06. The zero-order chi connectivity index (χ0) is 15.1. The second kappa shape index (κ2) is 7.28. The molecule has 0 fully saturated rings. The van der Waals surface area contributed by atoms with Crippen LogP contribution >= 0.6 is 0 Å². The Morgan fingerprint density at radius 2 is 1.85 bits per heavy atom. The summed E-state index contributed by atoms with van der Waals surface area (Å²) in [6.07, 6.45) is -0.704. The zero-order valence-electron chi connectivity index (χ0n) is 11.6. The van der Waals surface area contributed by atoms with Crippen molar-refractivity contribution >= 4 is 23.5 Å². The van der Waals surface area contributed by atoms with Crippen molar-refractivity contribution in [3.05, 3.63) is 29.8 Å². The van der Waals surface area contributed by atoms with E-state index >= 15 is 0 Å².